The standard InChI is InChI=1S/C29H35N5O5/c1-37-18-17-32-13-15-33(16-14-32)25-10-11-27(38-2)26(19-25)28(35)31-39-29(36)34(21-23-7-4-3-5-8-23)22-24-9-6-12-30-20-24/h3-12,19-20H,13-18,21-22H2,1-2H3,(H,31,35). The van der Waals surface area contributed by atoms with Crippen LogP contribution in [0.1, 0.15) is 21.5 Å². The van der Waals surface area contributed by atoms with E-state index in [1.165, 1.54) is 12.0 Å². The van der Waals surface area contributed by atoms with Gasteiger partial charge < -0.3 is 19.2 Å². The number of amides is 2. The van der Waals surface area contributed by atoms with Crippen LogP contribution in [0, 0.1) is 0 Å². The van der Waals surface area contributed by atoms with Crippen molar-refractivity contribution in [1.82, 2.24) is 20.3 Å². The number of ether oxygens (including phenoxy) is 2. The molecule has 1 aliphatic rings. The predicted octanol–water partition coefficient (Wildman–Crippen LogP) is 3.34. The van der Waals surface area contributed by atoms with Crippen molar-refractivity contribution < 1.29 is 23.9 Å². The van der Waals surface area contributed by atoms with E-state index < -0.39 is 12.0 Å². The monoisotopic (exact) mass is 533 g/mol. The second-order valence-electron chi connectivity index (χ2n) is 9.21. The molecule has 206 valence electrons. The van der Waals surface area contributed by atoms with Gasteiger partial charge in [-0.25, -0.2) is 4.79 Å². The molecule has 0 bridgehead atoms. The van der Waals surface area contributed by atoms with Crippen molar-refractivity contribution in [3.8, 4) is 5.75 Å². The minimum absolute atomic E-state index is 0.270. The number of anilines is 1. The Morgan fingerprint density at radius 1 is 0.949 bits per heavy atom. The van der Waals surface area contributed by atoms with Crippen LogP contribution >= 0.6 is 0 Å². The summed E-state index contributed by atoms with van der Waals surface area (Å²) in [5.41, 5.74) is 5.28. The number of hydrogen-bond acceptors (Lipinski definition) is 8. The van der Waals surface area contributed by atoms with Crippen molar-refractivity contribution in [2.45, 2.75) is 13.1 Å². The maximum Gasteiger partial charge on any atom is 0.434 e. The third kappa shape index (κ3) is 7.92. The second kappa shape index (κ2) is 14.1. The summed E-state index contributed by atoms with van der Waals surface area (Å²) in [5.74, 6) is -0.177. The molecule has 4 rings (SSSR count). The minimum atomic E-state index is -0.682. The summed E-state index contributed by atoms with van der Waals surface area (Å²) < 4.78 is 10.6. The summed E-state index contributed by atoms with van der Waals surface area (Å²) in [6.45, 7) is 5.64. The molecule has 39 heavy (non-hydrogen) atoms. The number of benzene rings is 2. The van der Waals surface area contributed by atoms with E-state index >= 15 is 0 Å². The summed E-state index contributed by atoms with van der Waals surface area (Å²) in [6, 6.07) is 18.7. The van der Waals surface area contributed by atoms with Gasteiger partial charge in [-0.2, -0.15) is 5.48 Å². The zero-order valence-corrected chi connectivity index (χ0v) is 22.4. The lowest BCUT2D eigenvalue weighted by molar-refractivity contribution is 0.0395. The molecule has 2 aromatic carbocycles. The number of carbonyl (C=O) groups is 2. The molecule has 1 aromatic heterocycles. The Labute approximate surface area is 229 Å². The summed E-state index contributed by atoms with van der Waals surface area (Å²) in [6.07, 6.45) is 2.68. The van der Waals surface area contributed by atoms with Gasteiger partial charge in [-0.1, -0.05) is 36.4 Å². The lowest BCUT2D eigenvalue weighted by Crippen LogP contribution is -2.47. The van der Waals surface area contributed by atoms with Gasteiger partial charge in [0.2, 0.25) is 0 Å². The zero-order valence-electron chi connectivity index (χ0n) is 22.4. The number of carbonyl (C=O) groups excluding carboxylic acids is 2. The molecular formula is C29H35N5O5. The van der Waals surface area contributed by atoms with E-state index in [2.05, 4.69) is 20.3 Å². The minimum Gasteiger partial charge on any atom is -0.496 e. The maximum atomic E-state index is 13.1. The molecular weight excluding hydrogens is 498 g/mol. The molecule has 2 heterocycles. The van der Waals surface area contributed by atoms with Gasteiger partial charge in [-0.3, -0.25) is 19.6 Å². The van der Waals surface area contributed by atoms with E-state index in [1.54, 1.807) is 31.6 Å². The predicted molar refractivity (Wildman–Crippen MR) is 147 cm³/mol. The molecule has 1 saturated heterocycles. The molecule has 0 atom stereocenters. The second-order valence-corrected chi connectivity index (χ2v) is 9.21. The zero-order chi connectivity index (χ0) is 27.5. The number of rotatable bonds is 10. The van der Waals surface area contributed by atoms with Crippen molar-refractivity contribution in [1.29, 1.82) is 0 Å². The Balaban J connectivity index is 1.41. The normalized spacial score (nSPS) is 13.5. The number of hydroxylamine groups is 1. The third-order valence-corrected chi connectivity index (χ3v) is 6.58. The van der Waals surface area contributed by atoms with Crippen LogP contribution in [0.15, 0.2) is 73.1 Å². The highest BCUT2D eigenvalue weighted by Crippen LogP contribution is 2.26. The van der Waals surface area contributed by atoms with Crippen molar-refractivity contribution in [2.24, 2.45) is 0 Å². The summed E-state index contributed by atoms with van der Waals surface area (Å²) in [4.78, 5) is 41.7. The van der Waals surface area contributed by atoms with Crippen LogP contribution < -0.4 is 15.1 Å². The summed E-state index contributed by atoms with van der Waals surface area (Å²) >= 11 is 0. The highest BCUT2D eigenvalue weighted by atomic mass is 16.7. The molecule has 10 heteroatoms. The largest absolute Gasteiger partial charge is 0.496 e. The van der Waals surface area contributed by atoms with Crippen LogP contribution in [0.25, 0.3) is 0 Å². The first-order chi connectivity index (χ1) is 19.1. The third-order valence-electron chi connectivity index (χ3n) is 6.58. The number of methoxy groups -OCH3 is 2. The van der Waals surface area contributed by atoms with Crippen molar-refractivity contribution in [3.63, 3.8) is 0 Å². The van der Waals surface area contributed by atoms with Gasteiger partial charge in [-0.05, 0) is 35.4 Å². The fourth-order valence-electron chi connectivity index (χ4n) is 4.43. The van der Waals surface area contributed by atoms with Crippen LogP contribution in [0.2, 0.25) is 0 Å². The first kappa shape index (κ1) is 27.9. The van der Waals surface area contributed by atoms with Crippen LogP contribution in [0.3, 0.4) is 0 Å². The molecule has 1 fully saturated rings. The Morgan fingerprint density at radius 3 is 2.38 bits per heavy atom. The molecule has 3 aromatic rings. The van der Waals surface area contributed by atoms with Crippen LogP contribution in [-0.4, -0.2) is 80.3 Å². The molecule has 1 aliphatic heterocycles. The molecule has 0 radical (unpaired) electrons. The first-order valence-corrected chi connectivity index (χ1v) is 12.9. The number of pyridine rings is 1. The van der Waals surface area contributed by atoms with E-state index in [4.69, 9.17) is 14.3 Å². The number of piperazine rings is 1. The number of nitrogens with zero attached hydrogens (tertiary/aromatic N) is 4. The highest BCUT2D eigenvalue weighted by molar-refractivity contribution is 5.97. The van der Waals surface area contributed by atoms with Crippen molar-refractivity contribution in [2.75, 3.05) is 58.5 Å². The van der Waals surface area contributed by atoms with Crippen LogP contribution in [0.4, 0.5) is 10.5 Å². The van der Waals surface area contributed by atoms with Gasteiger partial charge in [-0.15, -0.1) is 0 Å². The Kier molecular flexibility index (Phi) is 10.1. The van der Waals surface area contributed by atoms with E-state index in [-0.39, 0.29) is 12.1 Å². The summed E-state index contributed by atoms with van der Waals surface area (Å²) in [5, 5.41) is 0. The fourth-order valence-corrected chi connectivity index (χ4v) is 4.43. The summed E-state index contributed by atoms with van der Waals surface area (Å²) in [7, 11) is 3.21. The van der Waals surface area contributed by atoms with E-state index in [1.807, 2.05) is 48.5 Å². The fraction of sp³-hybridized carbons (Fsp3) is 0.345. The number of aromatic nitrogens is 1. The number of nitrogens with one attached hydrogen (secondary N) is 1. The van der Waals surface area contributed by atoms with E-state index in [9.17, 15) is 9.59 Å². The lowest BCUT2D eigenvalue weighted by atomic mass is 10.1. The Bertz CT molecular complexity index is 1160. The van der Waals surface area contributed by atoms with Crippen LogP contribution in [0.5, 0.6) is 5.75 Å². The molecule has 10 nitrogen and oxygen atoms in total. The first-order valence-electron chi connectivity index (χ1n) is 12.9. The van der Waals surface area contributed by atoms with Gasteiger partial charge in [0.1, 0.15) is 5.75 Å². The molecule has 0 spiro atoms. The molecule has 0 unspecified atom stereocenters. The Morgan fingerprint density at radius 2 is 1.69 bits per heavy atom. The van der Waals surface area contributed by atoms with E-state index in [0.29, 0.717) is 18.9 Å². The maximum absolute atomic E-state index is 13.1. The SMILES string of the molecule is COCCN1CCN(c2ccc(OC)c(C(=O)NOC(=O)N(Cc3ccccc3)Cc3cccnc3)c2)CC1. The lowest BCUT2D eigenvalue weighted by Gasteiger charge is -2.36. The van der Waals surface area contributed by atoms with Crippen molar-refractivity contribution in [3.05, 3.63) is 89.7 Å². The number of hydrogen-bond donors (Lipinski definition) is 1. The molecule has 0 aliphatic carbocycles. The van der Waals surface area contributed by atoms with Gasteiger partial charge in [0.05, 0.1) is 25.8 Å². The molecule has 0 saturated carbocycles. The van der Waals surface area contributed by atoms with Crippen LogP contribution in [-0.2, 0) is 22.7 Å². The topological polar surface area (TPSA) is 96.5 Å². The van der Waals surface area contributed by atoms with Gasteiger partial charge in [0.15, 0.2) is 0 Å². The Hall–Kier alpha value is -4.15. The van der Waals surface area contributed by atoms with Crippen molar-refractivity contribution >= 4 is 17.7 Å². The highest BCUT2D eigenvalue weighted by Gasteiger charge is 2.22. The van der Waals surface area contributed by atoms with Gasteiger partial charge >= 0.3 is 6.09 Å². The molecule has 2 amide bonds. The average Bonchev–Trinajstić information content (AvgIpc) is 2.99. The van der Waals surface area contributed by atoms with Gasteiger partial charge in [0, 0.05) is 64.5 Å². The average molecular weight is 534 g/mol. The quantitative estimate of drug-likeness (QED) is 0.397. The smallest absolute Gasteiger partial charge is 0.434 e. The van der Waals surface area contributed by atoms with E-state index in [0.717, 1.165) is 49.5 Å². The molecule has 1 N–H and O–H groups in total. The van der Waals surface area contributed by atoms with Gasteiger partial charge in [0.25, 0.3) is 5.91 Å².